The van der Waals surface area contributed by atoms with Gasteiger partial charge in [0.05, 0.1) is 0 Å². The molecule has 0 saturated carbocycles. The number of rotatable bonds is 1. The summed E-state index contributed by atoms with van der Waals surface area (Å²) in [6, 6.07) is 0.595. The van der Waals surface area contributed by atoms with Crippen LogP contribution in [0.3, 0.4) is 0 Å². The molecule has 1 atom stereocenters. The van der Waals surface area contributed by atoms with Crippen molar-refractivity contribution in [1.82, 2.24) is 5.32 Å². The predicted octanol–water partition coefficient (Wildman–Crippen LogP) is 4.08. The van der Waals surface area contributed by atoms with Crippen molar-refractivity contribution in [2.75, 3.05) is 6.54 Å². The number of nitrogens with one attached hydrogen (secondary N) is 1. The zero-order chi connectivity index (χ0) is 11.9. The van der Waals surface area contributed by atoms with Gasteiger partial charge in [-0.3, -0.25) is 0 Å². The molecule has 1 aliphatic rings. The van der Waals surface area contributed by atoms with E-state index in [-0.39, 0.29) is 12.4 Å². The van der Waals surface area contributed by atoms with Gasteiger partial charge in [-0.05, 0) is 87.4 Å². The van der Waals surface area contributed by atoms with Gasteiger partial charge in [0.25, 0.3) is 0 Å². The fourth-order valence-electron chi connectivity index (χ4n) is 2.98. The molecule has 2 heteroatoms. The van der Waals surface area contributed by atoms with Gasteiger partial charge < -0.3 is 5.32 Å². The highest BCUT2D eigenvalue weighted by Crippen LogP contribution is 2.33. The van der Waals surface area contributed by atoms with E-state index in [4.69, 9.17) is 0 Å². The van der Waals surface area contributed by atoms with E-state index in [9.17, 15) is 0 Å². The second-order valence-corrected chi connectivity index (χ2v) is 5.19. The molecule has 96 valence electrons. The van der Waals surface area contributed by atoms with Crippen molar-refractivity contribution < 1.29 is 0 Å². The molecule has 1 fully saturated rings. The molecule has 0 unspecified atom stereocenters. The molecule has 1 heterocycles. The third-order valence-electron chi connectivity index (χ3n) is 4.47. The smallest absolute Gasteiger partial charge is 0.0326 e. The molecule has 0 amide bonds. The molecule has 2 rings (SSSR count). The molecular formula is C15H24ClN. The molecule has 1 saturated heterocycles. The first-order chi connectivity index (χ1) is 7.54. The van der Waals surface area contributed by atoms with Crippen LogP contribution in [0.4, 0.5) is 0 Å². The molecule has 17 heavy (non-hydrogen) atoms. The summed E-state index contributed by atoms with van der Waals surface area (Å²) in [6.07, 6.45) is 2.61. The number of benzene rings is 1. The fraction of sp³-hybridized carbons (Fsp3) is 0.600. The van der Waals surface area contributed by atoms with Crippen LogP contribution in [0.1, 0.15) is 52.3 Å². The number of hydrogen-bond acceptors (Lipinski definition) is 1. The Hall–Kier alpha value is -0.530. The van der Waals surface area contributed by atoms with E-state index in [0.717, 1.165) is 0 Å². The summed E-state index contributed by atoms with van der Waals surface area (Å²) in [5.74, 6) is 0. The molecule has 1 nitrogen and oxygen atoms in total. The molecule has 0 spiro atoms. The summed E-state index contributed by atoms with van der Waals surface area (Å²) in [5.41, 5.74) is 8.99. The summed E-state index contributed by atoms with van der Waals surface area (Å²) in [7, 11) is 0. The van der Waals surface area contributed by atoms with E-state index in [1.54, 1.807) is 5.56 Å². The van der Waals surface area contributed by atoms with E-state index in [1.807, 2.05) is 0 Å². The van der Waals surface area contributed by atoms with Crippen LogP contribution in [0.15, 0.2) is 0 Å². The van der Waals surface area contributed by atoms with Crippen LogP contribution in [0.5, 0.6) is 0 Å². The number of halogens is 1. The zero-order valence-corrected chi connectivity index (χ0v) is 12.4. The quantitative estimate of drug-likeness (QED) is 0.796. The summed E-state index contributed by atoms with van der Waals surface area (Å²) in [5, 5.41) is 3.63. The minimum atomic E-state index is 0. The Morgan fingerprint density at radius 3 is 1.71 bits per heavy atom. The molecular weight excluding hydrogens is 230 g/mol. The molecule has 1 N–H and O–H groups in total. The van der Waals surface area contributed by atoms with E-state index in [0.29, 0.717) is 6.04 Å². The number of hydrogen-bond donors (Lipinski definition) is 1. The standard InChI is InChI=1S/C15H23N.ClH/c1-9-10(2)12(4)15(13(5)11(9)3)14-7-6-8-16-14;/h14,16H,6-8H2,1-5H3;1H/t14-;/m1./s1. The van der Waals surface area contributed by atoms with Gasteiger partial charge in [-0.25, -0.2) is 0 Å². The SMILES string of the molecule is Cc1c(C)c(C)c([C@H]2CCCN2)c(C)c1C.Cl. The van der Waals surface area contributed by atoms with Crippen molar-refractivity contribution in [3.63, 3.8) is 0 Å². The van der Waals surface area contributed by atoms with Gasteiger partial charge in [0.15, 0.2) is 0 Å². The van der Waals surface area contributed by atoms with Crippen LogP contribution in [0.2, 0.25) is 0 Å². The zero-order valence-electron chi connectivity index (χ0n) is 11.6. The minimum absolute atomic E-state index is 0. The first kappa shape index (κ1) is 14.5. The Balaban J connectivity index is 0.00000144. The predicted molar refractivity (Wildman–Crippen MR) is 77.4 cm³/mol. The summed E-state index contributed by atoms with van der Waals surface area (Å²) in [4.78, 5) is 0. The molecule has 0 aromatic heterocycles. The van der Waals surface area contributed by atoms with Gasteiger partial charge in [-0.15, -0.1) is 12.4 Å². The lowest BCUT2D eigenvalue weighted by atomic mass is 9.86. The maximum absolute atomic E-state index is 3.63. The van der Waals surface area contributed by atoms with Crippen molar-refractivity contribution in [3.05, 3.63) is 33.4 Å². The Morgan fingerprint density at radius 2 is 1.29 bits per heavy atom. The molecule has 0 bridgehead atoms. The van der Waals surface area contributed by atoms with Crippen molar-refractivity contribution in [1.29, 1.82) is 0 Å². The van der Waals surface area contributed by atoms with Gasteiger partial charge in [0, 0.05) is 6.04 Å². The van der Waals surface area contributed by atoms with Crippen molar-refractivity contribution in [3.8, 4) is 0 Å². The minimum Gasteiger partial charge on any atom is -0.310 e. The van der Waals surface area contributed by atoms with Crippen LogP contribution in [0, 0.1) is 34.6 Å². The average molecular weight is 254 g/mol. The summed E-state index contributed by atoms with van der Waals surface area (Å²) in [6.45, 7) is 12.5. The van der Waals surface area contributed by atoms with Crippen molar-refractivity contribution >= 4 is 12.4 Å². The molecule has 0 radical (unpaired) electrons. The lowest BCUT2D eigenvalue weighted by molar-refractivity contribution is 0.637. The first-order valence-electron chi connectivity index (χ1n) is 6.34. The third-order valence-corrected chi connectivity index (χ3v) is 4.47. The molecule has 1 aliphatic heterocycles. The van der Waals surface area contributed by atoms with E-state index in [1.165, 1.54) is 47.2 Å². The van der Waals surface area contributed by atoms with Crippen molar-refractivity contribution in [2.24, 2.45) is 0 Å². The van der Waals surface area contributed by atoms with Crippen molar-refractivity contribution in [2.45, 2.75) is 53.5 Å². The average Bonchev–Trinajstić information content (AvgIpc) is 2.77. The molecule has 1 aromatic rings. The van der Waals surface area contributed by atoms with E-state index < -0.39 is 0 Å². The van der Waals surface area contributed by atoms with Crippen LogP contribution in [-0.2, 0) is 0 Å². The largest absolute Gasteiger partial charge is 0.310 e. The molecule has 1 aromatic carbocycles. The molecule has 0 aliphatic carbocycles. The highest BCUT2D eigenvalue weighted by molar-refractivity contribution is 5.85. The fourth-order valence-corrected chi connectivity index (χ4v) is 2.98. The topological polar surface area (TPSA) is 12.0 Å². The van der Waals surface area contributed by atoms with Gasteiger partial charge >= 0.3 is 0 Å². The van der Waals surface area contributed by atoms with E-state index >= 15 is 0 Å². The second-order valence-electron chi connectivity index (χ2n) is 5.19. The van der Waals surface area contributed by atoms with E-state index in [2.05, 4.69) is 39.9 Å². The highest BCUT2D eigenvalue weighted by atomic mass is 35.5. The second kappa shape index (κ2) is 5.41. The van der Waals surface area contributed by atoms with Gasteiger partial charge in [0.1, 0.15) is 0 Å². The third kappa shape index (κ3) is 2.36. The maximum atomic E-state index is 3.63. The summed E-state index contributed by atoms with van der Waals surface area (Å²) >= 11 is 0. The maximum Gasteiger partial charge on any atom is 0.0326 e. The van der Waals surface area contributed by atoms with Crippen LogP contribution >= 0.6 is 12.4 Å². The normalized spacial score (nSPS) is 19.2. The Bertz CT molecular complexity index is 388. The summed E-state index contributed by atoms with van der Waals surface area (Å²) < 4.78 is 0. The Morgan fingerprint density at radius 1 is 0.824 bits per heavy atom. The van der Waals surface area contributed by atoms with Crippen LogP contribution in [0.25, 0.3) is 0 Å². The Labute approximate surface area is 111 Å². The van der Waals surface area contributed by atoms with Crippen LogP contribution in [-0.4, -0.2) is 6.54 Å². The lowest BCUT2D eigenvalue weighted by Gasteiger charge is -2.23. The van der Waals surface area contributed by atoms with Gasteiger partial charge in [0.2, 0.25) is 0 Å². The monoisotopic (exact) mass is 253 g/mol. The van der Waals surface area contributed by atoms with Gasteiger partial charge in [-0.1, -0.05) is 0 Å². The first-order valence-corrected chi connectivity index (χ1v) is 6.34. The van der Waals surface area contributed by atoms with Gasteiger partial charge in [-0.2, -0.15) is 0 Å². The lowest BCUT2D eigenvalue weighted by Crippen LogP contribution is -2.17. The Kier molecular flexibility index (Phi) is 4.62. The highest BCUT2D eigenvalue weighted by Gasteiger charge is 2.22. The van der Waals surface area contributed by atoms with Crippen LogP contribution < -0.4 is 5.32 Å².